The molecule has 1 unspecified atom stereocenters. The van der Waals surface area contributed by atoms with Crippen LogP contribution in [0.25, 0.3) is 5.52 Å². The Morgan fingerprint density at radius 2 is 2.31 bits per heavy atom. The molecule has 0 radical (unpaired) electrons. The van der Waals surface area contributed by atoms with Gasteiger partial charge in [-0.2, -0.15) is 0 Å². The summed E-state index contributed by atoms with van der Waals surface area (Å²) in [5.41, 5.74) is 2.38. The summed E-state index contributed by atoms with van der Waals surface area (Å²) in [6.07, 6.45) is 5.62. The second kappa shape index (κ2) is 3.91. The van der Waals surface area contributed by atoms with E-state index >= 15 is 0 Å². The summed E-state index contributed by atoms with van der Waals surface area (Å²) in [4.78, 5) is 4.52. The van der Waals surface area contributed by atoms with Gasteiger partial charge in [-0.1, -0.05) is 6.07 Å². The number of pyridine rings is 1. The average Bonchev–Trinajstić information content (AvgIpc) is 2.75. The van der Waals surface area contributed by atoms with Crippen molar-refractivity contribution in [2.75, 3.05) is 6.61 Å². The SMILES string of the molecule is Cc1cccc2cnc(C3CCCCO3)n12. The molecule has 2 aromatic heterocycles. The second-order valence-corrected chi connectivity index (χ2v) is 4.40. The zero-order chi connectivity index (χ0) is 11.0. The molecule has 1 fully saturated rings. The third kappa shape index (κ3) is 1.52. The fourth-order valence-electron chi connectivity index (χ4n) is 2.41. The van der Waals surface area contributed by atoms with Crippen LogP contribution in [0.15, 0.2) is 24.4 Å². The van der Waals surface area contributed by atoms with Crippen LogP contribution in [0.4, 0.5) is 0 Å². The first kappa shape index (κ1) is 9.85. The first-order valence-corrected chi connectivity index (χ1v) is 5.91. The van der Waals surface area contributed by atoms with E-state index in [0.29, 0.717) is 0 Å². The van der Waals surface area contributed by atoms with E-state index in [1.54, 1.807) is 0 Å². The summed E-state index contributed by atoms with van der Waals surface area (Å²) in [6.45, 7) is 2.98. The van der Waals surface area contributed by atoms with Gasteiger partial charge in [0, 0.05) is 12.3 Å². The molecule has 0 aromatic carbocycles. The average molecular weight is 216 g/mol. The highest BCUT2D eigenvalue weighted by Crippen LogP contribution is 2.27. The van der Waals surface area contributed by atoms with Crippen LogP contribution in [-0.2, 0) is 4.74 Å². The number of aromatic nitrogens is 2. The maximum absolute atomic E-state index is 5.80. The van der Waals surface area contributed by atoms with E-state index in [-0.39, 0.29) is 6.10 Å². The van der Waals surface area contributed by atoms with Gasteiger partial charge in [0.2, 0.25) is 0 Å². The quantitative estimate of drug-likeness (QED) is 0.732. The van der Waals surface area contributed by atoms with Gasteiger partial charge in [0.25, 0.3) is 0 Å². The maximum Gasteiger partial charge on any atom is 0.142 e. The van der Waals surface area contributed by atoms with Crippen molar-refractivity contribution in [3.8, 4) is 0 Å². The maximum atomic E-state index is 5.80. The first-order chi connectivity index (χ1) is 7.86. The highest BCUT2D eigenvalue weighted by molar-refractivity contribution is 5.47. The molecule has 0 N–H and O–H groups in total. The van der Waals surface area contributed by atoms with Crippen molar-refractivity contribution < 1.29 is 4.74 Å². The van der Waals surface area contributed by atoms with Gasteiger partial charge < -0.3 is 4.74 Å². The lowest BCUT2D eigenvalue weighted by Gasteiger charge is -2.22. The molecule has 0 aliphatic carbocycles. The summed E-state index contributed by atoms with van der Waals surface area (Å²) in [7, 11) is 0. The fourth-order valence-corrected chi connectivity index (χ4v) is 2.41. The Bertz CT molecular complexity index is 498. The van der Waals surface area contributed by atoms with Gasteiger partial charge in [-0.05, 0) is 38.3 Å². The summed E-state index contributed by atoms with van der Waals surface area (Å²) in [5, 5.41) is 0. The van der Waals surface area contributed by atoms with Gasteiger partial charge in [0.15, 0.2) is 0 Å². The van der Waals surface area contributed by atoms with E-state index in [9.17, 15) is 0 Å². The van der Waals surface area contributed by atoms with Gasteiger partial charge >= 0.3 is 0 Å². The van der Waals surface area contributed by atoms with Crippen molar-refractivity contribution in [1.29, 1.82) is 0 Å². The second-order valence-electron chi connectivity index (χ2n) is 4.40. The number of hydrogen-bond acceptors (Lipinski definition) is 2. The van der Waals surface area contributed by atoms with Gasteiger partial charge in [-0.15, -0.1) is 0 Å². The van der Waals surface area contributed by atoms with Crippen LogP contribution in [0.1, 0.15) is 36.9 Å². The number of aryl methyl sites for hydroxylation is 1. The summed E-state index contributed by atoms with van der Waals surface area (Å²) < 4.78 is 8.01. The molecule has 3 rings (SSSR count). The standard InChI is InChI=1S/C13H16N2O/c1-10-5-4-6-11-9-14-13(15(10)11)12-7-2-3-8-16-12/h4-6,9,12H,2-3,7-8H2,1H3. The summed E-state index contributed by atoms with van der Waals surface area (Å²) in [6, 6.07) is 6.27. The van der Waals surface area contributed by atoms with Crippen LogP contribution in [-0.4, -0.2) is 16.0 Å². The van der Waals surface area contributed by atoms with Crippen molar-refractivity contribution in [3.63, 3.8) is 0 Å². The van der Waals surface area contributed by atoms with Crippen molar-refractivity contribution >= 4 is 5.52 Å². The van der Waals surface area contributed by atoms with Crippen LogP contribution >= 0.6 is 0 Å². The first-order valence-electron chi connectivity index (χ1n) is 5.91. The number of nitrogens with zero attached hydrogens (tertiary/aromatic N) is 2. The predicted molar refractivity (Wildman–Crippen MR) is 62.5 cm³/mol. The van der Waals surface area contributed by atoms with E-state index in [1.807, 2.05) is 6.20 Å². The van der Waals surface area contributed by atoms with Crippen LogP contribution in [0, 0.1) is 6.92 Å². The number of imidazole rings is 1. The normalized spacial score (nSPS) is 21.4. The molecule has 0 spiro atoms. The smallest absolute Gasteiger partial charge is 0.142 e. The Hall–Kier alpha value is -1.35. The highest BCUT2D eigenvalue weighted by Gasteiger charge is 2.20. The molecule has 3 heteroatoms. The Morgan fingerprint density at radius 3 is 3.12 bits per heavy atom. The summed E-state index contributed by atoms with van der Waals surface area (Å²) >= 11 is 0. The predicted octanol–water partition coefficient (Wildman–Crippen LogP) is 2.88. The Labute approximate surface area is 95.1 Å². The van der Waals surface area contributed by atoms with Crippen LogP contribution in [0.5, 0.6) is 0 Å². The van der Waals surface area contributed by atoms with Gasteiger partial charge in [0.05, 0.1) is 11.7 Å². The highest BCUT2D eigenvalue weighted by atomic mass is 16.5. The Kier molecular flexibility index (Phi) is 2.40. The molecule has 84 valence electrons. The third-order valence-electron chi connectivity index (χ3n) is 3.24. The minimum absolute atomic E-state index is 0.178. The molecule has 16 heavy (non-hydrogen) atoms. The van der Waals surface area contributed by atoms with Crippen molar-refractivity contribution in [2.45, 2.75) is 32.3 Å². The zero-order valence-corrected chi connectivity index (χ0v) is 9.52. The number of rotatable bonds is 1. The monoisotopic (exact) mass is 216 g/mol. The van der Waals surface area contributed by atoms with Crippen LogP contribution in [0.2, 0.25) is 0 Å². The number of ether oxygens (including phenoxy) is 1. The molecule has 1 aliphatic rings. The Morgan fingerprint density at radius 1 is 1.38 bits per heavy atom. The fraction of sp³-hybridized carbons (Fsp3) is 0.462. The minimum Gasteiger partial charge on any atom is -0.370 e. The molecule has 3 nitrogen and oxygen atoms in total. The van der Waals surface area contributed by atoms with Gasteiger partial charge in [0.1, 0.15) is 11.9 Å². The van der Waals surface area contributed by atoms with Crippen molar-refractivity contribution in [3.05, 3.63) is 35.9 Å². The lowest BCUT2D eigenvalue weighted by molar-refractivity contribution is 0.00906. The van der Waals surface area contributed by atoms with E-state index < -0.39 is 0 Å². The molecule has 0 amide bonds. The number of fused-ring (bicyclic) bond motifs is 1. The minimum atomic E-state index is 0.178. The van der Waals surface area contributed by atoms with E-state index in [0.717, 1.165) is 24.4 Å². The molecule has 0 saturated carbocycles. The van der Waals surface area contributed by atoms with Gasteiger partial charge in [-0.3, -0.25) is 4.40 Å². The topological polar surface area (TPSA) is 26.5 Å². The van der Waals surface area contributed by atoms with E-state index in [2.05, 4.69) is 34.5 Å². The lowest BCUT2D eigenvalue weighted by atomic mass is 10.1. The molecule has 2 aromatic rings. The molecule has 0 bridgehead atoms. The largest absolute Gasteiger partial charge is 0.370 e. The van der Waals surface area contributed by atoms with Crippen molar-refractivity contribution in [2.24, 2.45) is 0 Å². The van der Waals surface area contributed by atoms with E-state index in [1.165, 1.54) is 18.5 Å². The molecule has 1 aliphatic heterocycles. The molecular formula is C13H16N2O. The van der Waals surface area contributed by atoms with Gasteiger partial charge in [-0.25, -0.2) is 4.98 Å². The van der Waals surface area contributed by atoms with Crippen LogP contribution in [0.3, 0.4) is 0 Å². The zero-order valence-electron chi connectivity index (χ0n) is 9.52. The number of hydrogen-bond donors (Lipinski definition) is 0. The molecule has 1 saturated heterocycles. The van der Waals surface area contributed by atoms with Crippen molar-refractivity contribution in [1.82, 2.24) is 9.38 Å². The summed E-state index contributed by atoms with van der Waals surface area (Å²) in [5.74, 6) is 1.06. The van der Waals surface area contributed by atoms with E-state index in [4.69, 9.17) is 4.74 Å². The Balaban J connectivity index is 2.09. The lowest BCUT2D eigenvalue weighted by Crippen LogP contribution is -2.15. The molecule has 3 heterocycles. The van der Waals surface area contributed by atoms with Crippen LogP contribution < -0.4 is 0 Å². The molecular weight excluding hydrogens is 200 g/mol. The third-order valence-corrected chi connectivity index (χ3v) is 3.24. The molecule has 1 atom stereocenters.